The molecule has 4 heterocycles. The number of nitrogens with zero attached hydrogens (tertiary/aromatic N) is 2. The summed E-state index contributed by atoms with van der Waals surface area (Å²) in [6, 6.07) is 20.0. The lowest BCUT2D eigenvalue weighted by Crippen LogP contribution is -2.55. The maximum absolute atomic E-state index is 14.1. The van der Waals surface area contributed by atoms with Crippen molar-refractivity contribution in [3.8, 4) is 11.3 Å². The third kappa shape index (κ3) is 5.64. The molecule has 2 saturated heterocycles. The molecule has 0 unspecified atom stereocenters. The zero-order chi connectivity index (χ0) is 29.4. The third-order valence-electron chi connectivity index (χ3n) is 9.81. The molecule has 0 spiro atoms. The molecule has 1 saturated carbocycles. The van der Waals surface area contributed by atoms with Crippen molar-refractivity contribution < 1.29 is 4.79 Å². The van der Waals surface area contributed by atoms with Gasteiger partial charge >= 0.3 is 0 Å². The Hall–Kier alpha value is -3.44. The summed E-state index contributed by atoms with van der Waals surface area (Å²) in [5.41, 5.74) is 9.02. The first kappa shape index (κ1) is 28.7. The number of carbonyl (C=O) groups excluding carboxylic acids is 1. The highest BCUT2D eigenvalue weighted by Crippen LogP contribution is 2.41. The number of pyridine rings is 1. The van der Waals surface area contributed by atoms with Crippen molar-refractivity contribution in [1.82, 2.24) is 20.2 Å². The van der Waals surface area contributed by atoms with Crippen molar-refractivity contribution in [2.24, 2.45) is 5.92 Å². The van der Waals surface area contributed by atoms with Crippen LogP contribution in [-0.4, -0.2) is 46.5 Å². The van der Waals surface area contributed by atoms with Crippen molar-refractivity contribution in [3.05, 3.63) is 88.7 Å². The number of hydrogen-bond donors (Lipinski definition) is 2. The van der Waals surface area contributed by atoms with E-state index in [1.807, 2.05) is 18.3 Å². The summed E-state index contributed by atoms with van der Waals surface area (Å²) < 4.78 is 0. The Balaban J connectivity index is 1.33. The average Bonchev–Trinajstić information content (AvgIpc) is 3.38. The first-order valence-electron chi connectivity index (χ1n) is 15.9. The lowest BCUT2D eigenvalue weighted by molar-refractivity contribution is -0.144. The van der Waals surface area contributed by atoms with Gasteiger partial charge < -0.3 is 15.2 Å². The van der Waals surface area contributed by atoms with Crippen LogP contribution >= 0.6 is 0 Å². The highest BCUT2D eigenvalue weighted by Gasteiger charge is 2.42. The fourth-order valence-corrected chi connectivity index (χ4v) is 7.44. The third-order valence-corrected chi connectivity index (χ3v) is 9.81. The molecule has 1 atom stereocenters. The highest BCUT2D eigenvalue weighted by molar-refractivity contribution is 5.94. The highest BCUT2D eigenvalue weighted by atomic mass is 16.2. The van der Waals surface area contributed by atoms with E-state index in [0.29, 0.717) is 12.0 Å². The first-order valence-corrected chi connectivity index (χ1v) is 15.9. The lowest BCUT2D eigenvalue weighted by atomic mass is 9.76. The number of carbonyl (C=O) groups is 1. The number of aryl methyl sites for hydroxylation is 2. The van der Waals surface area contributed by atoms with E-state index in [2.05, 4.69) is 97.3 Å². The normalized spacial score (nSPS) is 19.4. The minimum Gasteiger partial charge on any atom is -0.354 e. The van der Waals surface area contributed by atoms with E-state index >= 15 is 0 Å². The van der Waals surface area contributed by atoms with Gasteiger partial charge in [0.2, 0.25) is 5.91 Å². The van der Waals surface area contributed by atoms with E-state index in [4.69, 9.17) is 0 Å². The van der Waals surface area contributed by atoms with Crippen molar-refractivity contribution >= 4 is 16.8 Å². The van der Waals surface area contributed by atoms with Gasteiger partial charge in [0.15, 0.2) is 0 Å². The van der Waals surface area contributed by atoms with Gasteiger partial charge in [0.05, 0.1) is 11.1 Å². The van der Waals surface area contributed by atoms with Gasteiger partial charge in [-0.1, -0.05) is 36.2 Å². The van der Waals surface area contributed by atoms with Gasteiger partial charge in [0.25, 0.3) is 0 Å². The number of aromatic nitrogens is 2. The quantitative estimate of drug-likeness (QED) is 0.208. The molecule has 0 radical (unpaired) electrons. The van der Waals surface area contributed by atoms with Crippen molar-refractivity contribution in [2.45, 2.75) is 84.1 Å². The van der Waals surface area contributed by atoms with Crippen LogP contribution in [0.5, 0.6) is 0 Å². The largest absolute Gasteiger partial charge is 0.354 e. The van der Waals surface area contributed by atoms with Crippen LogP contribution in [0.4, 0.5) is 0 Å². The Morgan fingerprint density at radius 1 is 1.05 bits per heavy atom. The second kappa shape index (κ2) is 11.7. The number of piperidine rings is 2. The summed E-state index contributed by atoms with van der Waals surface area (Å²) in [7, 11) is 0. The van der Waals surface area contributed by atoms with Crippen molar-refractivity contribution in [2.75, 3.05) is 19.6 Å². The van der Waals surface area contributed by atoms with E-state index in [-0.39, 0.29) is 11.8 Å². The molecule has 4 aromatic rings. The van der Waals surface area contributed by atoms with Crippen molar-refractivity contribution in [1.29, 1.82) is 0 Å². The van der Waals surface area contributed by atoms with Gasteiger partial charge in [0.1, 0.15) is 0 Å². The second-order valence-electron chi connectivity index (χ2n) is 13.5. The Morgan fingerprint density at radius 3 is 2.48 bits per heavy atom. The van der Waals surface area contributed by atoms with E-state index in [1.165, 1.54) is 46.2 Å². The van der Waals surface area contributed by atoms with Crippen LogP contribution in [0, 0.1) is 19.8 Å². The number of fused-ring (bicyclic) bond motifs is 4. The van der Waals surface area contributed by atoms with Crippen LogP contribution in [0.25, 0.3) is 22.2 Å². The van der Waals surface area contributed by atoms with Gasteiger partial charge in [-0.3, -0.25) is 9.78 Å². The Morgan fingerprint density at radius 2 is 1.81 bits per heavy atom. The zero-order valence-electron chi connectivity index (χ0n) is 26.0. The fraction of sp³-hybridized carbons (Fsp3) is 0.459. The number of amides is 1. The number of hydrogen-bond acceptors (Lipinski definition) is 3. The van der Waals surface area contributed by atoms with Gasteiger partial charge in [-0.2, -0.15) is 0 Å². The zero-order valence-corrected chi connectivity index (χ0v) is 26.0. The van der Waals surface area contributed by atoms with Gasteiger partial charge in [-0.05, 0) is 118 Å². The summed E-state index contributed by atoms with van der Waals surface area (Å²) in [5.74, 6) is 1.23. The minimum atomic E-state index is -0.579. The molecule has 5 heteroatoms. The van der Waals surface area contributed by atoms with Crippen LogP contribution in [0.2, 0.25) is 0 Å². The van der Waals surface area contributed by atoms with Gasteiger partial charge in [0, 0.05) is 54.9 Å². The molecule has 1 aliphatic carbocycles. The molecule has 2 aromatic heterocycles. The van der Waals surface area contributed by atoms with Crippen LogP contribution in [0.15, 0.2) is 60.8 Å². The van der Waals surface area contributed by atoms with Gasteiger partial charge in [-0.15, -0.1) is 0 Å². The molecule has 7 rings (SSSR count). The Bertz CT molecular complexity index is 1540. The predicted octanol–water partition coefficient (Wildman–Crippen LogP) is 7.46. The number of aromatic amines is 1. The topological polar surface area (TPSA) is 61.0 Å². The molecule has 3 aliphatic rings. The number of rotatable bonds is 9. The minimum absolute atomic E-state index is 0.269. The van der Waals surface area contributed by atoms with Crippen molar-refractivity contribution in [3.63, 3.8) is 0 Å². The van der Waals surface area contributed by atoms with E-state index in [9.17, 15) is 4.79 Å². The van der Waals surface area contributed by atoms with E-state index in [0.717, 1.165) is 55.7 Å². The standard InChI is InChI=1S/C37H46N4O/c1-24-18-25(2)20-28(19-24)35-34(26(3)22-38-17-15-30-8-6-7-16-39-30)32-21-29(11-14-33(32)40-35)37(4,5)36(42)41-23-27-9-12-31(41)13-10-27/h6-8,11,14,16,18-21,26-27,31,38,40H,9-10,12-13,15,17,22-23H2,1-5H3/t26-,27?,31?/m1/s1. The molecule has 42 heavy (non-hydrogen) atoms. The Kier molecular flexibility index (Phi) is 7.97. The van der Waals surface area contributed by atoms with Crippen LogP contribution in [0.1, 0.15) is 80.3 Å². The summed E-state index contributed by atoms with van der Waals surface area (Å²) >= 11 is 0. The molecule has 220 valence electrons. The number of benzene rings is 2. The Labute approximate surface area is 251 Å². The first-order chi connectivity index (χ1) is 20.2. The molecular weight excluding hydrogens is 516 g/mol. The average molecular weight is 563 g/mol. The smallest absolute Gasteiger partial charge is 0.232 e. The predicted molar refractivity (Wildman–Crippen MR) is 173 cm³/mol. The SMILES string of the molecule is Cc1cc(C)cc(-c2[nH]c3ccc(C(C)(C)C(=O)N4CC5CCC4CC5)cc3c2[C@H](C)CNCCc2ccccn2)c1. The van der Waals surface area contributed by atoms with Gasteiger partial charge in [-0.25, -0.2) is 0 Å². The van der Waals surface area contributed by atoms with Crippen LogP contribution in [-0.2, 0) is 16.6 Å². The van der Waals surface area contributed by atoms with E-state index < -0.39 is 5.41 Å². The fourth-order valence-electron chi connectivity index (χ4n) is 7.44. The summed E-state index contributed by atoms with van der Waals surface area (Å²) in [6.45, 7) is 13.6. The van der Waals surface area contributed by atoms with E-state index in [1.54, 1.807) is 0 Å². The molecular formula is C37H46N4O. The number of nitrogens with one attached hydrogen (secondary N) is 2. The van der Waals surface area contributed by atoms with Crippen LogP contribution in [0.3, 0.4) is 0 Å². The molecule has 3 fully saturated rings. The number of H-pyrrole nitrogens is 1. The molecule has 2 aliphatic heterocycles. The molecule has 2 aromatic carbocycles. The summed E-state index contributed by atoms with van der Waals surface area (Å²) in [4.78, 5) is 24.5. The van der Waals surface area contributed by atoms with Crippen LogP contribution < -0.4 is 5.32 Å². The molecule has 5 nitrogen and oxygen atoms in total. The molecule has 2 bridgehead atoms. The summed E-state index contributed by atoms with van der Waals surface area (Å²) in [6.07, 6.45) is 7.66. The summed E-state index contributed by atoms with van der Waals surface area (Å²) in [5, 5.41) is 4.92. The molecule has 1 amide bonds. The molecule has 2 N–H and O–H groups in total. The monoisotopic (exact) mass is 562 g/mol. The maximum Gasteiger partial charge on any atom is 0.232 e. The lowest BCUT2D eigenvalue weighted by Gasteiger charge is -2.47. The maximum atomic E-state index is 14.1. The second-order valence-corrected chi connectivity index (χ2v) is 13.5.